The molecule has 0 fully saturated rings. The quantitative estimate of drug-likeness (QED) is 0.502. The first-order valence-corrected chi connectivity index (χ1v) is 12.0. The summed E-state index contributed by atoms with van der Waals surface area (Å²) < 4.78 is 7.49. The van der Waals surface area contributed by atoms with Gasteiger partial charge in [0, 0.05) is 5.02 Å². The van der Waals surface area contributed by atoms with Crippen LogP contribution in [-0.4, -0.2) is 17.1 Å². The Kier molecular flexibility index (Phi) is 6.68. The van der Waals surface area contributed by atoms with Gasteiger partial charge in [-0.15, -0.1) is 0 Å². The minimum Gasteiger partial charge on any atom is -0.463 e. The van der Waals surface area contributed by atoms with E-state index in [0.29, 0.717) is 31.5 Å². The molecule has 3 aromatic rings. The van der Waals surface area contributed by atoms with Gasteiger partial charge in [0.15, 0.2) is 4.80 Å². The number of allylic oxidation sites excluding steroid dienone is 1. The predicted octanol–water partition coefficient (Wildman–Crippen LogP) is 4.58. The molecule has 33 heavy (non-hydrogen) atoms. The molecular weight excluding hydrogens is 456 g/mol. The molecule has 7 heteroatoms. The van der Waals surface area contributed by atoms with Gasteiger partial charge in [-0.25, -0.2) is 9.79 Å². The molecule has 1 aliphatic rings. The lowest BCUT2D eigenvalue weighted by Crippen LogP contribution is -2.39. The normalized spacial score (nSPS) is 16.1. The standard InChI is InChI=1S/C26H25ClN2O3S/c1-5-32-25(31)22-16(4)28-26-29(23(22)19-10-8-18(9-11-19)15(2)3)24(30)21(33-26)14-17-6-12-20(27)13-7-17/h6-15,23H,5H2,1-4H3/b21-14-. The summed E-state index contributed by atoms with van der Waals surface area (Å²) in [6.07, 6.45) is 1.82. The fraction of sp³-hybridized carbons (Fsp3) is 0.269. The van der Waals surface area contributed by atoms with Crippen molar-refractivity contribution < 1.29 is 9.53 Å². The van der Waals surface area contributed by atoms with E-state index in [2.05, 4.69) is 18.8 Å². The van der Waals surface area contributed by atoms with E-state index in [9.17, 15) is 9.59 Å². The van der Waals surface area contributed by atoms with Gasteiger partial charge >= 0.3 is 5.97 Å². The molecule has 2 aromatic carbocycles. The monoisotopic (exact) mass is 480 g/mol. The number of nitrogens with zero attached hydrogens (tertiary/aromatic N) is 2. The number of rotatable bonds is 5. The lowest BCUT2D eigenvalue weighted by Gasteiger charge is -2.25. The fourth-order valence-corrected chi connectivity index (χ4v) is 5.05. The molecule has 0 radical (unpaired) electrons. The molecule has 2 heterocycles. The molecule has 1 aromatic heterocycles. The third-order valence-electron chi connectivity index (χ3n) is 5.60. The second-order valence-electron chi connectivity index (χ2n) is 8.18. The highest BCUT2D eigenvalue weighted by atomic mass is 35.5. The number of benzene rings is 2. The van der Waals surface area contributed by atoms with Gasteiger partial charge in [-0.1, -0.05) is 73.2 Å². The van der Waals surface area contributed by atoms with E-state index in [-0.39, 0.29) is 12.2 Å². The molecule has 4 rings (SSSR count). The van der Waals surface area contributed by atoms with Crippen molar-refractivity contribution >= 4 is 35.0 Å². The number of ether oxygens (including phenoxy) is 1. The van der Waals surface area contributed by atoms with E-state index in [1.165, 1.54) is 16.9 Å². The van der Waals surface area contributed by atoms with Crippen molar-refractivity contribution in [1.29, 1.82) is 0 Å². The van der Waals surface area contributed by atoms with Crippen LogP contribution in [0.5, 0.6) is 0 Å². The first-order chi connectivity index (χ1) is 15.8. The summed E-state index contributed by atoms with van der Waals surface area (Å²) in [5.41, 5.74) is 3.65. The van der Waals surface area contributed by atoms with Crippen LogP contribution >= 0.6 is 22.9 Å². The van der Waals surface area contributed by atoms with Crippen LogP contribution in [0.1, 0.15) is 56.3 Å². The lowest BCUT2D eigenvalue weighted by molar-refractivity contribution is -0.139. The molecule has 1 atom stereocenters. The Morgan fingerprint density at radius 1 is 1.18 bits per heavy atom. The molecule has 0 saturated carbocycles. The molecule has 0 bridgehead atoms. The van der Waals surface area contributed by atoms with Gasteiger partial charge in [0.05, 0.1) is 28.5 Å². The Bertz CT molecular complexity index is 1400. The van der Waals surface area contributed by atoms with Crippen LogP contribution in [-0.2, 0) is 9.53 Å². The fourth-order valence-electron chi connectivity index (χ4n) is 3.88. The van der Waals surface area contributed by atoms with Gasteiger partial charge in [0.2, 0.25) is 0 Å². The highest BCUT2D eigenvalue weighted by molar-refractivity contribution is 7.07. The predicted molar refractivity (Wildman–Crippen MR) is 132 cm³/mol. The number of halogens is 1. The lowest BCUT2D eigenvalue weighted by atomic mass is 9.93. The summed E-state index contributed by atoms with van der Waals surface area (Å²) >= 11 is 7.30. The van der Waals surface area contributed by atoms with Gasteiger partial charge in [-0.2, -0.15) is 0 Å². The Hall–Kier alpha value is -2.96. The van der Waals surface area contributed by atoms with Crippen molar-refractivity contribution in [2.24, 2.45) is 4.99 Å². The largest absolute Gasteiger partial charge is 0.463 e. The van der Waals surface area contributed by atoms with Crippen molar-refractivity contribution in [2.45, 2.75) is 39.7 Å². The van der Waals surface area contributed by atoms with Gasteiger partial charge in [0.25, 0.3) is 5.56 Å². The number of esters is 1. The average Bonchev–Trinajstić information content (AvgIpc) is 3.09. The number of thiazole rings is 1. The highest BCUT2D eigenvalue weighted by Crippen LogP contribution is 2.31. The number of hydrogen-bond donors (Lipinski definition) is 0. The summed E-state index contributed by atoms with van der Waals surface area (Å²) in [4.78, 5) is 31.7. The van der Waals surface area contributed by atoms with Crippen LogP contribution in [0.3, 0.4) is 0 Å². The zero-order valence-electron chi connectivity index (χ0n) is 19.0. The first kappa shape index (κ1) is 23.2. The van der Waals surface area contributed by atoms with Crippen molar-refractivity contribution in [3.05, 3.63) is 101 Å². The molecule has 0 N–H and O–H groups in total. The number of carbonyl (C=O) groups is 1. The second kappa shape index (κ2) is 9.49. The van der Waals surface area contributed by atoms with E-state index < -0.39 is 12.0 Å². The van der Waals surface area contributed by atoms with Crippen LogP contribution in [0.25, 0.3) is 6.08 Å². The first-order valence-electron chi connectivity index (χ1n) is 10.8. The number of fused-ring (bicyclic) bond motifs is 1. The molecule has 1 unspecified atom stereocenters. The zero-order chi connectivity index (χ0) is 23.7. The molecule has 0 saturated heterocycles. The summed E-state index contributed by atoms with van der Waals surface area (Å²) in [6, 6.07) is 14.7. The molecule has 0 spiro atoms. The maximum absolute atomic E-state index is 13.6. The molecule has 5 nitrogen and oxygen atoms in total. The van der Waals surface area contributed by atoms with Crippen LogP contribution in [0.2, 0.25) is 5.02 Å². The highest BCUT2D eigenvalue weighted by Gasteiger charge is 2.33. The minimum absolute atomic E-state index is 0.194. The van der Waals surface area contributed by atoms with Crippen molar-refractivity contribution in [2.75, 3.05) is 6.61 Å². The molecule has 0 amide bonds. The second-order valence-corrected chi connectivity index (χ2v) is 9.62. The molecule has 1 aliphatic heterocycles. The van der Waals surface area contributed by atoms with Crippen molar-refractivity contribution in [1.82, 2.24) is 4.57 Å². The van der Waals surface area contributed by atoms with E-state index in [1.807, 2.05) is 42.5 Å². The maximum atomic E-state index is 13.6. The number of hydrogen-bond acceptors (Lipinski definition) is 5. The maximum Gasteiger partial charge on any atom is 0.338 e. The van der Waals surface area contributed by atoms with E-state index in [1.54, 1.807) is 30.5 Å². The average molecular weight is 481 g/mol. The summed E-state index contributed by atoms with van der Waals surface area (Å²) in [7, 11) is 0. The molecular formula is C26H25ClN2O3S. The third-order valence-corrected chi connectivity index (χ3v) is 6.84. The van der Waals surface area contributed by atoms with Crippen molar-refractivity contribution in [3.63, 3.8) is 0 Å². The third kappa shape index (κ3) is 4.59. The SMILES string of the molecule is CCOC(=O)C1=C(C)N=c2s/c(=C\c3ccc(Cl)cc3)c(=O)n2C1c1ccc(C(C)C)cc1. The van der Waals surface area contributed by atoms with Gasteiger partial charge in [-0.3, -0.25) is 9.36 Å². The number of carbonyl (C=O) groups excluding carboxylic acids is 1. The Balaban J connectivity index is 1.92. The summed E-state index contributed by atoms with van der Waals surface area (Å²) in [5.74, 6) is -0.0779. The van der Waals surface area contributed by atoms with E-state index >= 15 is 0 Å². The number of aromatic nitrogens is 1. The Labute approximate surface area is 201 Å². The summed E-state index contributed by atoms with van der Waals surface area (Å²) in [6.45, 7) is 8.06. The van der Waals surface area contributed by atoms with Crippen molar-refractivity contribution in [3.8, 4) is 0 Å². The van der Waals surface area contributed by atoms with Gasteiger partial charge < -0.3 is 4.74 Å². The van der Waals surface area contributed by atoms with Crippen LogP contribution in [0, 0.1) is 0 Å². The molecule has 0 aliphatic carbocycles. The Morgan fingerprint density at radius 3 is 2.45 bits per heavy atom. The zero-order valence-corrected chi connectivity index (χ0v) is 20.5. The smallest absolute Gasteiger partial charge is 0.338 e. The van der Waals surface area contributed by atoms with Crippen LogP contribution in [0.15, 0.2) is 69.6 Å². The van der Waals surface area contributed by atoms with Crippen LogP contribution in [0.4, 0.5) is 0 Å². The van der Waals surface area contributed by atoms with E-state index in [4.69, 9.17) is 16.3 Å². The molecule has 170 valence electrons. The Morgan fingerprint density at radius 2 is 1.85 bits per heavy atom. The summed E-state index contributed by atoms with van der Waals surface area (Å²) in [5, 5.41) is 0.633. The van der Waals surface area contributed by atoms with Gasteiger partial charge in [0.1, 0.15) is 0 Å². The topological polar surface area (TPSA) is 60.7 Å². The minimum atomic E-state index is -0.603. The van der Waals surface area contributed by atoms with E-state index in [0.717, 1.165) is 11.1 Å². The van der Waals surface area contributed by atoms with Gasteiger partial charge in [-0.05, 0) is 54.7 Å². The van der Waals surface area contributed by atoms with Crippen LogP contribution < -0.4 is 14.9 Å².